The molecule has 0 heterocycles. The predicted molar refractivity (Wildman–Crippen MR) is 171 cm³/mol. The Bertz CT molecular complexity index is 1120. The van der Waals surface area contributed by atoms with Gasteiger partial charge < -0.3 is 14.6 Å². The van der Waals surface area contributed by atoms with Crippen molar-refractivity contribution in [2.45, 2.75) is 118 Å². The minimum atomic E-state index is -0.272. The Morgan fingerprint density at radius 2 is 1.71 bits per heavy atom. The molecule has 4 nitrogen and oxygen atoms in total. The molecule has 1 N–H and O–H groups in total. The van der Waals surface area contributed by atoms with Gasteiger partial charge in [-0.3, -0.25) is 0 Å². The van der Waals surface area contributed by atoms with Crippen molar-refractivity contribution in [3.05, 3.63) is 29.8 Å². The van der Waals surface area contributed by atoms with Gasteiger partial charge in [0.05, 0.1) is 7.11 Å². The van der Waals surface area contributed by atoms with Gasteiger partial charge in [-0.1, -0.05) is 60.5 Å². The first kappa shape index (κ1) is 31.5. The van der Waals surface area contributed by atoms with Crippen LogP contribution in [0.5, 0.6) is 11.5 Å². The zero-order chi connectivity index (χ0) is 30.2. The average molecular weight is 579 g/mol. The molecule has 0 aliphatic heterocycles. The molecule has 0 radical (unpaired) electrons. The van der Waals surface area contributed by atoms with Crippen LogP contribution in [0.1, 0.15) is 118 Å². The molecule has 4 saturated carbocycles. The number of hydrogen-bond acceptors (Lipinski definition) is 4. The van der Waals surface area contributed by atoms with Crippen molar-refractivity contribution in [3.8, 4) is 11.5 Å². The summed E-state index contributed by atoms with van der Waals surface area (Å²) in [6, 6.07) is 5.07. The van der Waals surface area contributed by atoms with Crippen molar-refractivity contribution >= 4 is 12.0 Å². The fourth-order valence-electron chi connectivity index (χ4n) is 10.5. The number of methoxy groups -OCH3 is 1. The van der Waals surface area contributed by atoms with Crippen molar-refractivity contribution in [1.29, 1.82) is 0 Å². The smallest absolute Gasteiger partial charge is 0.331 e. The van der Waals surface area contributed by atoms with E-state index in [1.807, 2.05) is 0 Å². The molecule has 0 aromatic heterocycles. The summed E-state index contributed by atoms with van der Waals surface area (Å²) >= 11 is 0. The van der Waals surface area contributed by atoms with Crippen LogP contribution < -0.4 is 4.74 Å². The summed E-state index contributed by atoms with van der Waals surface area (Å²) in [5, 5.41) is 9.82. The van der Waals surface area contributed by atoms with E-state index in [1.54, 1.807) is 24.3 Å². The number of rotatable bonds is 9. The average Bonchev–Trinajstić information content (AvgIpc) is 3.32. The minimum absolute atomic E-state index is 0.0185. The highest BCUT2D eigenvalue weighted by Crippen LogP contribution is 2.68. The fraction of sp³-hybridized carbons (Fsp3) is 0.763. The molecule has 5 rings (SSSR count). The Kier molecular flexibility index (Phi) is 9.41. The number of phenolic OH excluding ortho intramolecular Hbond substituents is 1. The van der Waals surface area contributed by atoms with Crippen molar-refractivity contribution < 1.29 is 19.4 Å². The summed E-state index contributed by atoms with van der Waals surface area (Å²) in [6.45, 7) is 15.1. The lowest BCUT2D eigenvalue weighted by Gasteiger charge is -2.61. The third-order valence-corrected chi connectivity index (χ3v) is 13.5. The van der Waals surface area contributed by atoms with Crippen molar-refractivity contribution in [3.63, 3.8) is 0 Å². The van der Waals surface area contributed by atoms with Crippen LogP contribution in [0.3, 0.4) is 0 Å². The number of hydrogen-bond donors (Lipinski definition) is 1. The molecule has 4 aliphatic carbocycles. The van der Waals surface area contributed by atoms with E-state index >= 15 is 0 Å². The normalized spacial score (nSPS) is 37.5. The number of phenols is 1. The summed E-state index contributed by atoms with van der Waals surface area (Å²) in [5.74, 6) is 6.88. The van der Waals surface area contributed by atoms with Gasteiger partial charge in [-0.2, -0.15) is 0 Å². The van der Waals surface area contributed by atoms with Gasteiger partial charge in [0.25, 0.3) is 0 Å². The molecular weight excluding hydrogens is 520 g/mol. The van der Waals surface area contributed by atoms with Gasteiger partial charge in [-0.05, 0) is 140 Å². The highest BCUT2D eigenvalue weighted by atomic mass is 16.5. The van der Waals surface area contributed by atoms with Gasteiger partial charge in [0.2, 0.25) is 0 Å². The summed E-state index contributed by atoms with van der Waals surface area (Å²) in [7, 11) is 1.52. The quantitative estimate of drug-likeness (QED) is 0.234. The van der Waals surface area contributed by atoms with E-state index in [0.717, 1.165) is 59.8 Å². The Balaban J connectivity index is 1.18. The zero-order valence-corrected chi connectivity index (χ0v) is 27.5. The molecule has 2 unspecified atom stereocenters. The second kappa shape index (κ2) is 12.6. The lowest BCUT2D eigenvalue weighted by atomic mass is 9.44. The van der Waals surface area contributed by atoms with Gasteiger partial charge in [0, 0.05) is 6.08 Å². The van der Waals surface area contributed by atoms with Gasteiger partial charge >= 0.3 is 5.97 Å². The monoisotopic (exact) mass is 578 g/mol. The van der Waals surface area contributed by atoms with Crippen molar-refractivity contribution in [2.75, 3.05) is 7.11 Å². The molecule has 10 atom stereocenters. The molecule has 0 bridgehead atoms. The van der Waals surface area contributed by atoms with Crippen LogP contribution in [0.4, 0.5) is 0 Å². The van der Waals surface area contributed by atoms with E-state index in [-0.39, 0.29) is 17.8 Å². The van der Waals surface area contributed by atoms with Gasteiger partial charge in [0.15, 0.2) is 11.5 Å². The van der Waals surface area contributed by atoms with Gasteiger partial charge in [-0.25, -0.2) is 4.79 Å². The summed E-state index contributed by atoms with van der Waals surface area (Å²) < 4.78 is 11.2. The standard InChI is InChI=1S/C38H58O4/c1-24(2)25(3)8-9-26(4)31-14-15-32-30-13-12-28-23-29(18-20-37(28,5)33(30)19-21-38(31,32)6)42-36(40)17-11-27-10-16-34(39)35(22-27)41-7/h10-11,16-17,22,24-26,28-33,39H,8-9,12-15,18-21,23H2,1-7H3/b17-11+/t25?,26-,28+,29+,30+,31-,32?,33+,37+,38-/m1/s1. The number of carbonyl (C=O) groups excluding carboxylic acids is 1. The van der Waals surface area contributed by atoms with Crippen LogP contribution in [-0.2, 0) is 9.53 Å². The molecule has 42 heavy (non-hydrogen) atoms. The van der Waals surface area contributed by atoms with Crippen LogP contribution in [0.15, 0.2) is 24.3 Å². The molecule has 4 heteroatoms. The third kappa shape index (κ3) is 6.03. The van der Waals surface area contributed by atoms with E-state index in [1.165, 1.54) is 71.0 Å². The second-order valence-corrected chi connectivity index (χ2v) is 15.8. The van der Waals surface area contributed by atoms with Gasteiger partial charge in [-0.15, -0.1) is 0 Å². The Hall–Kier alpha value is -1.97. The summed E-state index contributed by atoms with van der Waals surface area (Å²) in [5.41, 5.74) is 1.72. The van der Waals surface area contributed by atoms with E-state index in [9.17, 15) is 9.90 Å². The first-order valence-electron chi connectivity index (χ1n) is 17.2. The molecule has 4 aliphatic rings. The van der Waals surface area contributed by atoms with Crippen LogP contribution in [0.2, 0.25) is 0 Å². The predicted octanol–water partition coefficient (Wildman–Crippen LogP) is 9.69. The molecule has 0 amide bonds. The summed E-state index contributed by atoms with van der Waals surface area (Å²) in [4.78, 5) is 12.7. The molecule has 0 saturated heterocycles. The topological polar surface area (TPSA) is 55.8 Å². The SMILES string of the molecule is COc1cc(/C=C/C(=O)O[C@H]2CC[C@@]3(C)[C@@H](CC[C@H]4C5CC[C@H]([C@H](C)CCC(C)C(C)C)[C@@]5(C)CC[C@@H]43)C2)ccc1O. The maximum Gasteiger partial charge on any atom is 0.331 e. The zero-order valence-electron chi connectivity index (χ0n) is 27.5. The van der Waals surface area contributed by atoms with Crippen LogP contribution in [0, 0.1) is 58.2 Å². The largest absolute Gasteiger partial charge is 0.504 e. The summed E-state index contributed by atoms with van der Waals surface area (Å²) in [6.07, 6.45) is 17.6. The lowest BCUT2D eigenvalue weighted by Crippen LogP contribution is -2.54. The molecule has 0 spiro atoms. The first-order valence-corrected chi connectivity index (χ1v) is 17.2. The van der Waals surface area contributed by atoms with E-state index in [2.05, 4.69) is 41.5 Å². The number of benzene rings is 1. The van der Waals surface area contributed by atoms with Crippen molar-refractivity contribution in [1.82, 2.24) is 0 Å². The van der Waals surface area contributed by atoms with E-state index in [4.69, 9.17) is 9.47 Å². The number of esters is 1. The Morgan fingerprint density at radius 1 is 0.976 bits per heavy atom. The maximum atomic E-state index is 12.7. The van der Waals surface area contributed by atoms with E-state index < -0.39 is 0 Å². The Morgan fingerprint density at radius 3 is 2.45 bits per heavy atom. The molecule has 234 valence electrons. The third-order valence-electron chi connectivity index (χ3n) is 13.5. The van der Waals surface area contributed by atoms with Gasteiger partial charge in [0.1, 0.15) is 6.10 Å². The lowest BCUT2D eigenvalue weighted by molar-refractivity contribution is -0.157. The maximum absolute atomic E-state index is 12.7. The number of fused-ring (bicyclic) bond motifs is 5. The highest BCUT2D eigenvalue weighted by molar-refractivity contribution is 5.87. The molecule has 1 aromatic rings. The fourth-order valence-corrected chi connectivity index (χ4v) is 10.5. The van der Waals surface area contributed by atoms with Crippen LogP contribution in [0.25, 0.3) is 6.08 Å². The molecule has 1 aromatic carbocycles. The van der Waals surface area contributed by atoms with Crippen LogP contribution in [-0.4, -0.2) is 24.3 Å². The number of ether oxygens (including phenoxy) is 2. The minimum Gasteiger partial charge on any atom is -0.504 e. The highest BCUT2D eigenvalue weighted by Gasteiger charge is 2.60. The number of aromatic hydroxyl groups is 1. The van der Waals surface area contributed by atoms with Crippen molar-refractivity contribution in [2.24, 2.45) is 58.2 Å². The Labute approximate surface area is 256 Å². The molecule has 4 fully saturated rings. The first-order chi connectivity index (χ1) is 20.0. The molecular formula is C38H58O4. The second-order valence-electron chi connectivity index (χ2n) is 15.8. The number of carbonyl (C=O) groups is 1. The van der Waals surface area contributed by atoms with E-state index in [0.29, 0.717) is 22.5 Å². The van der Waals surface area contributed by atoms with Crippen LogP contribution >= 0.6 is 0 Å².